The summed E-state index contributed by atoms with van der Waals surface area (Å²) in [6, 6.07) is 5.83. The van der Waals surface area contributed by atoms with E-state index in [9.17, 15) is 0 Å². The molecule has 2 rings (SSSR count). The molecule has 8 heteroatoms. The lowest BCUT2D eigenvalue weighted by molar-refractivity contribution is 0.274. The lowest BCUT2D eigenvalue weighted by Gasteiger charge is -2.20. The van der Waals surface area contributed by atoms with Crippen LogP contribution in [0.5, 0.6) is 11.5 Å². The Kier molecular flexibility index (Phi) is 13.0. The van der Waals surface area contributed by atoms with E-state index in [4.69, 9.17) is 14.5 Å². The van der Waals surface area contributed by atoms with Crippen LogP contribution in [0, 0.1) is 0 Å². The van der Waals surface area contributed by atoms with Crippen LogP contribution >= 0.6 is 24.0 Å². The second kappa shape index (κ2) is 14.7. The average molecular weight is 519 g/mol. The maximum Gasteiger partial charge on any atom is 0.191 e. The molecule has 0 radical (unpaired) electrons. The van der Waals surface area contributed by atoms with Crippen molar-refractivity contribution in [2.45, 2.75) is 26.3 Å². The molecule has 1 saturated heterocycles. The summed E-state index contributed by atoms with van der Waals surface area (Å²) in [5.41, 5.74) is 1.04. The monoisotopic (exact) mass is 519 g/mol. The molecule has 29 heavy (non-hydrogen) atoms. The highest BCUT2D eigenvalue weighted by atomic mass is 127. The number of rotatable bonds is 9. The quantitative estimate of drug-likeness (QED) is 0.226. The molecule has 1 fully saturated rings. The third kappa shape index (κ3) is 9.39. The highest BCUT2D eigenvalue weighted by Gasteiger charge is 2.11. The lowest BCUT2D eigenvalue weighted by atomic mass is 10.2. The average Bonchev–Trinajstić information content (AvgIpc) is 2.93. The largest absolute Gasteiger partial charge is 0.497 e. The molecule has 0 amide bonds. The topological polar surface area (TPSA) is 61.4 Å². The first-order chi connectivity index (χ1) is 13.7. The highest BCUT2D eigenvalue weighted by Crippen LogP contribution is 2.25. The summed E-state index contributed by atoms with van der Waals surface area (Å²) < 4.78 is 10.7. The minimum Gasteiger partial charge on any atom is -0.497 e. The van der Waals surface area contributed by atoms with Gasteiger partial charge in [0.15, 0.2) is 5.96 Å². The van der Waals surface area contributed by atoms with E-state index >= 15 is 0 Å². The lowest BCUT2D eigenvalue weighted by Crippen LogP contribution is -2.39. The molecular weight excluding hydrogens is 481 g/mol. The van der Waals surface area contributed by atoms with Crippen LogP contribution in [-0.2, 0) is 6.54 Å². The van der Waals surface area contributed by atoms with E-state index in [2.05, 4.69) is 34.4 Å². The number of hydrogen-bond donors (Lipinski definition) is 2. The van der Waals surface area contributed by atoms with Crippen molar-refractivity contribution in [2.24, 2.45) is 4.99 Å². The van der Waals surface area contributed by atoms with Crippen molar-refractivity contribution in [3.8, 4) is 11.5 Å². The van der Waals surface area contributed by atoms with Gasteiger partial charge in [-0.2, -0.15) is 0 Å². The Balaban J connectivity index is 0.00000420. The van der Waals surface area contributed by atoms with Crippen LogP contribution in [0.4, 0.5) is 0 Å². The molecule has 0 bridgehead atoms. The van der Waals surface area contributed by atoms with Crippen molar-refractivity contribution in [2.75, 3.05) is 67.1 Å². The number of halogens is 1. The van der Waals surface area contributed by atoms with Crippen molar-refractivity contribution in [1.29, 1.82) is 0 Å². The van der Waals surface area contributed by atoms with E-state index in [1.165, 1.54) is 32.6 Å². The van der Waals surface area contributed by atoms with Crippen LogP contribution in [0.1, 0.15) is 25.3 Å². The van der Waals surface area contributed by atoms with E-state index < -0.39 is 0 Å². The van der Waals surface area contributed by atoms with Crippen molar-refractivity contribution in [1.82, 2.24) is 20.4 Å². The third-order valence-electron chi connectivity index (χ3n) is 5.00. The first-order valence-corrected chi connectivity index (χ1v) is 10.3. The van der Waals surface area contributed by atoms with Crippen LogP contribution in [0.25, 0.3) is 0 Å². The van der Waals surface area contributed by atoms with Crippen LogP contribution in [-0.4, -0.2) is 82.8 Å². The molecule has 1 heterocycles. The number of hydrogen-bond acceptors (Lipinski definition) is 5. The Morgan fingerprint density at radius 2 is 1.93 bits per heavy atom. The van der Waals surface area contributed by atoms with Gasteiger partial charge in [0.2, 0.25) is 0 Å². The highest BCUT2D eigenvalue weighted by molar-refractivity contribution is 14.0. The Morgan fingerprint density at radius 3 is 2.66 bits per heavy atom. The Morgan fingerprint density at radius 1 is 1.10 bits per heavy atom. The molecule has 1 aliphatic rings. The zero-order valence-corrected chi connectivity index (χ0v) is 20.7. The molecule has 0 aliphatic carbocycles. The maximum absolute atomic E-state index is 5.46. The number of guanidine groups is 1. The van der Waals surface area contributed by atoms with Gasteiger partial charge in [0.1, 0.15) is 11.5 Å². The van der Waals surface area contributed by atoms with Crippen LogP contribution in [0.15, 0.2) is 23.2 Å². The first-order valence-electron chi connectivity index (χ1n) is 10.3. The normalized spacial score (nSPS) is 15.9. The number of nitrogens with zero attached hydrogens (tertiary/aromatic N) is 3. The van der Waals surface area contributed by atoms with Crippen molar-refractivity contribution in [3.63, 3.8) is 0 Å². The van der Waals surface area contributed by atoms with Gasteiger partial charge in [-0.05, 0) is 58.6 Å². The van der Waals surface area contributed by atoms with Gasteiger partial charge < -0.3 is 29.9 Å². The summed E-state index contributed by atoms with van der Waals surface area (Å²) in [6.45, 7) is 10.3. The molecule has 0 saturated carbocycles. The molecule has 0 aromatic heterocycles. The standard InChI is InChI=1S/C21H37N5O2.HI/c1-5-22-21(23-10-6-12-26-13-7-11-25(2)14-15-26)24-17-18-8-9-19(27-3)16-20(18)28-4;/h8-9,16H,5-7,10-15,17H2,1-4H3,(H2,22,23,24);1H. The SMILES string of the molecule is CCNC(=NCc1ccc(OC)cc1OC)NCCCN1CCCN(C)CC1.I. The summed E-state index contributed by atoms with van der Waals surface area (Å²) in [5, 5.41) is 6.77. The van der Waals surface area contributed by atoms with Gasteiger partial charge in [-0.1, -0.05) is 0 Å². The number of nitrogens with one attached hydrogen (secondary N) is 2. The van der Waals surface area contributed by atoms with Crippen LogP contribution in [0.3, 0.4) is 0 Å². The molecule has 0 atom stereocenters. The minimum atomic E-state index is 0. The Bertz CT molecular complexity index is 615. The minimum absolute atomic E-state index is 0. The Hall–Kier alpha value is -1.26. The number of likely N-dealkylation sites (N-methyl/N-ethyl adjacent to an activating group) is 1. The number of ether oxygens (including phenoxy) is 2. The van der Waals surface area contributed by atoms with E-state index in [0.29, 0.717) is 6.54 Å². The second-order valence-electron chi connectivity index (χ2n) is 7.15. The van der Waals surface area contributed by atoms with Crippen molar-refractivity contribution >= 4 is 29.9 Å². The fourth-order valence-corrected chi connectivity index (χ4v) is 3.32. The van der Waals surface area contributed by atoms with Crippen molar-refractivity contribution in [3.05, 3.63) is 23.8 Å². The summed E-state index contributed by atoms with van der Waals surface area (Å²) >= 11 is 0. The zero-order valence-electron chi connectivity index (χ0n) is 18.4. The predicted molar refractivity (Wildman–Crippen MR) is 131 cm³/mol. The zero-order chi connectivity index (χ0) is 20.2. The molecule has 0 spiro atoms. The van der Waals surface area contributed by atoms with Gasteiger partial charge in [-0.15, -0.1) is 24.0 Å². The number of aliphatic imine (C=N–C) groups is 1. The summed E-state index contributed by atoms with van der Waals surface area (Å²) in [6.07, 6.45) is 2.37. The van der Waals surface area contributed by atoms with Crippen molar-refractivity contribution < 1.29 is 9.47 Å². The summed E-state index contributed by atoms with van der Waals surface area (Å²) in [7, 11) is 5.54. The predicted octanol–water partition coefficient (Wildman–Crippen LogP) is 2.40. The van der Waals surface area contributed by atoms with Gasteiger partial charge in [-0.3, -0.25) is 0 Å². The number of methoxy groups -OCH3 is 2. The summed E-state index contributed by atoms with van der Waals surface area (Å²) in [5.74, 6) is 2.43. The fourth-order valence-electron chi connectivity index (χ4n) is 3.32. The van der Waals surface area contributed by atoms with E-state index in [0.717, 1.165) is 49.1 Å². The Labute approximate surface area is 193 Å². The smallest absolute Gasteiger partial charge is 0.191 e. The van der Waals surface area contributed by atoms with E-state index in [-0.39, 0.29) is 24.0 Å². The van der Waals surface area contributed by atoms with Gasteiger partial charge in [0.25, 0.3) is 0 Å². The summed E-state index contributed by atoms with van der Waals surface area (Å²) in [4.78, 5) is 9.70. The van der Waals surface area contributed by atoms with Gasteiger partial charge in [0, 0.05) is 37.8 Å². The molecule has 1 aromatic carbocycles. The molecular formula is C21H38IN5O2. The molecule has 2 N–H and O–H groups in total. The molecule has 1 aromatic rings. The molecule has 7 nitrogen and oxygen atoms in total. The van der Waals surface area contributed by atoms with Gasteiger partial charge >= 0.3 is 0 Å². The maximum atomic E-state index is 5.46. The number of benzene rings is 1. The van der Waals surface area contributed by atoms with E-state index in [1.54, 1.807) is 14.2 Å². The van der Waals surface area contributed by atoms with Gasteiger partial charge in [-0.25, -0.2) is 4.99 Å². The van der Waals surface area contributed by atoms with E-state index in [1.807, 2.05) is 18.2 Å². The molecule has 1 aliphatic heterocycles. The van der Waals surface area contributed by atoms with Crippen LogP contribution < -0.4 is 20.1 Å². The fraction of sp³-hybridized carbons (Fsp3) is 0.667. The third-order valence-corrected chi connectivity index (χ3v) is 5.00. The second-order valence-corrected chi connectivity index (χ2v) is 7.15. The first kappa shape index (κ1) is 25.8. The molecule has 0 unspecified atom stereocenters. The molecule has 166 valence electrons. The van der Waals surface area contributed by atoms with Gasteiger partial charge in [0.05, 0.1) is 20.8 Å². The van der Waals surface area contributed by atoms with Crippen LogP contribution in [0.2, 0.25) is 0 Å².